The predicted octanol–water partition coefficient (Wildman–Crippen LogP) is 8.00. The Kier molecular flexibility index (Phi) is 18.6. The summed E-state index contributed by atoms with van der Waals surface area (Å²) in [6.07, 6.45) is -11.5. The fourth-order valence-corrected chi connectivity index (χ4v) is 13.2. The number of carbonyl (C=O) groups is 8. The van der Waals surface area contributed by atoms with Gasteiger partial charge >= 0.3 is 36.1 Å². The molecule has 10 rings (SSSR count). The molecule has 3 amide bonds. The molecule has 0 unspecified atom stereocenters. The maximum atomic E-state index is 15.9. The van der Waals surface area contributed by atoms with Crippen molar-refractivity contribution in [2.75, 3.05) is 39.5 Å². The number of aliphatic hydroxyl groups excluding tert-OH is 1. The third-order valence-electron chi connectivity index (χ3n) is 18.3. The van der Waals surface area contributed by atoms with Crippen LogP contribution in [0.4, 0.5) is 15.3 Å². The van der Waals surface area contributed by atoms with Crippen LogP contribution >= 0.6 is 0 Å². The van der Waals surface area contributed by atoms with Crippen molar-refractivity contribution in [1.82, 2.24) is 20.1 Å². The molecule has 482 valence electrons. The lowest BCUT2D eigenvalue weighted by Gasteiger charge is -2.67. The summed E-state index contributed by atoms with van der Waals surface area (Å²) in [7, 11) is 2.80. The fourth-order valence-electron chi connectivity index (χ4n) is 13.2. The third kappa shape index (κ3) is 12.6. The van der Waals surface area contributed by atoms with Crippen molar-refractivity contribution in [3.63, 3.8) is 0 Å². The highest BCUT2D eigenvalue weighted by atomic mass is 16.6. The molecule has 1 aliphatic heterocycles. The Morgan fingerprint density at radius 1 is 0.783 bits per heavy atom. The maximum absolute atomic E-state index is 15.9. The molecule has 2 heterocycles. The zero-order chi connectivity index (χ0) is 66.0. The van der Waals surface area contributed by atoms with Gasteiger partial charge in [-0.25, -0.2) is 19.2 Å². The van der Waals surface area contributed by atoms with Crippen molar-refractivity contribution < 1.29 is 86.5 Å². The van der Waals surface area contributed by atoms with Gasteiger partial charge < -0.3 is 69.0 Å². The minimum atomic E-state index is -2.53. The van der Waals surface area contributed by atoms with Gasteiger partial charge in [0.05, 0.1) is 40.8 Å². The van der Waals surface area contributed by atoms with Crippen LogP contribution < -0.4 is 15.8 Å². The number of likely N-dealkylation sites (N-methyl/N-ethyl adjacent to an activating group) is 2. The first-order valence-electron chi connectivity index (χ1n) is 30.0. The van der Waals surface area contributed by atoms with E-state index in [-0.39, 0.29) is 60.6 Å². The monoisotopic (exact) mass is 1260 g/mol. The van der Waals surface area contributed by atoms with Gasteiger partial charge in [-0.1, -0.05) is 92.7 Å². The van der Waals surface area contributed by atoms with E-state index >= 15 is 9.59 Å². The molecule has 6 aromatic rings. The van der Waals surface area contributed by atoms with Crippen molar-refractivity contribution in [3.05, 3.63) is 179 Å². The van der Waals surface area contributed by atoms with Crippen molar-refractivity contribution >= 4 is 64.3 Å². The Morgan fingerprint density at radius 2 is 1.43 bits per heavy atom. The highest BCUT2D eigenvalue weighted by Crippen LogP contribution is 2.64. The molecule has 3 fully saturated rings. The third-order valence-corrected chi connectivity index (χ3v) is 18.3. The van der Waals surface area contributed by atoms with E-state index in [1.54, 1.807) is 97.2 Å². The number of nitrogens with two attached hydrogens (primary N) is 1. The number of fused-ring (bicyclic) bond motifs is 6. The number of ketones is 1. The van der Waals surface area contributed by atoms with Crippen molar-refractivity contribution in [2.45, 2.75) is 115 Å². The highest BCUT2D eigenvalue weighted by molar-refractivity contribution is 5.96. The van der Waals surface area contributed by atoms with Crippen LogP contribution in [0.5, 0.6) is 11.5 Å². The van der Waals surface area contributed by atoms with Gasteiger partial charge in [-0.05, 0) is 96.8 Å². The molecule has 11 atom stereocenters. The molecule has 1 aromatic heterocycles. The Bertz CT molecular complexity index is 3850. The van der Waals surface area contributed by atoms with Crippen LogP contribution in [0.25, 0.3) is 10.9 Å². The number of aromatic nitrogens is 1. The van der Waals surface area contributed by atoms with E-state index in [9.17, 15) is 39.0 Å². The van der Waals surface area contributed by atoms with E-state index in [4.69, 9.17) is 43.6 Å². The Hall–Kier alpha value is -9.71. The number of anilines is 1. The largest absolute Gasteiger partial charge is 0.455 e. The molecule has 2 bridgehead atoms. The van der Waals surface area contributed by atoms with E-state index in [0.717, 1.165) is 29.7 Å². The number of rotatable bonds is 18. The van der Waals surface area contributed by atoms with Crippen LogP contribution in [0, 0.1) is 16.7 Å². The number of esters is 4. The van der Waals surface area contributed by atoms with Gasteiger partial charge in [0.1, 0.15) is 42.3 Å². The van der Waals surface area contributed by atoms with E-state index in [0.29, 0.717) is 22.7 Å². The number of aliphatic hydroxyl groups is 2. The predicted molar refractivity (Wildman–Crippen MR) is 330 cm³/mol. The Labute approximate surface area is 530 Å². The number of hydrogen-bond donors (Lipinski definition) is 4. The molecular weight excluding hydrogens is 1190 g/mol. The molecule has 23 heteroatoms. The lowest BCUT2D eigenvalue weighted by atomic mass is 9.44. The molecule has 92 heavy (non-hydrogen) atoms. The first-order valence-corrected chi connectivity index (χ1v) is 30.0. The topological polar surface area (TPSA) is 308 Å². The summed E-state index contributed by atoms with van der Waals surface area (Å²) in [5, 5.41) is 30.2. The standard InChI is InChI=1S/C69H73N5O18/c1-39-51(36-69(84)60(91-62(80)45-23-16-11-17-24-45)58-67(6,52(77)35-53-68(58,38-86-53)92-41(3)76)59(78)56(87-40(2)75)54(39)66(69,4)5)89-63(81)57(55(43-19-12-9-13-20-43)72-61(79)44-21-14-10-15-22-44)90-65(83)74(8)32-31-73(7)64(82)85-37-42-26-28-48(70)50(33-42)88-47-27-29-49-46(34-47)25-18-30-71-49/h9-30,33-34,51-53,55-58,60,77,84H,31-32,35-38,70H2,1-8H3,(H,72,79)/t51-,52-,53+,55-,56+,57+,58-,60-,67+,68-,69+/m0/s1. The number of nitrogens with zero attached hydrogens (tertiary/aromatic N) is 3. The molecular formula is C69H73N5O18. The normalized spacial score (nSPS) is 25.0. The Morgan fingerprint density at radius 3 is 2.08 bits per heavy atom. The summed E-state index contributed by atoms with van der Waals surface area (Å²) in [5.74, 6) is -6.48. The summed E-state index contributed by atoms with van der Waals surface area (Å²) in [4.78, 5) is 122. The number of nitrogen functional groups attached to an aromatic ring is 1. The second kappa shape index (κ2) is 26.3. The second-order valence-electron chi connectivity index (χ2n) is 24.4. The first-order chi connectivity index (χ1) is 43.8. The van der Waals surface area contributed by atoms with E-state index < -0.39 is 125 Å². The van der Waals surface area contributed by atoms with Gasteiger partial charge in [0.15, 0.2) is 23.2 Å². The molecule has 0 spiro atoms. The average Bonchev–Trinajstić information content (AvgIpc) is 0.670. The number of nitrogens with one attached hydrogen (secondary N) is 1. The van der Waals surface area contributed by atoms with Crippen LogP contribution in [0.3, 0.4) is 0 Å². The summed E-state index contributed by atoms with van der Waals surface area (Å²) in [5.41, 5.74) is 0.0725. The SMILES string of the molecule is CC(=O)O[C@H]1C(=O)[C@@]2(C)[C@H]([C@H](OC(=O)c3ccccc3)[C@]3(O)C[C@H](OC(=O)[C@H](OC(=O)N(C)CCN(C)C(=O)OCc4ccc(N)c(Oc5ccc6ncccc6c5)c4)[C@@H](NC(=O)c4ccccc4)c4ccccc4)C(C)=C1C3(C)C)[C@]1(OC(C)=O)CO[C@@H]1C[C@@H]2O. The van der Waals surface area contributed by atoms with E-state index in [1.807, 2.05) is 24.3 Å². The minimum Gasteiger partial charge on any atom is -0.455 e. The van der Waals surface area contributed by atoms with Crippen LogP contribution in [-0.2, 0) is 58.9 Å². The molecule has 1 saturated heterocycles. The van der Waals surface area contributed by atoms with Crippen molar-refractivity contribution in [2.24, 2.45) is 16.7 Å². The molecule has 4 aliphatic rings. The number of hydrogen-bond acceptors (Lipinski definition) is 20. The fraction of sp³-hybridized carbons (Fsp3) is 0.377. The van der Waals surface area contributed by atoms with Gasteiger partial charge in [0, 0.05) is 76.4 Å². The van der Waals surface area contributed by atoms with Crippen LogP contribution in [-0.4, -0.2) is 154 Å². The molecule has 0 radical (unpaired) electrons. The molecule has 5 aromatic carbocycles. The quantitative estimate of drug-likeness (QED) is 0.0274. The van der Waals surface area contributed by atoms with Gasteiger partial charge in [0.2, 0.25) is 6.10 Å². The number of benzene rings is 5. The van der Waals surface area contributed by atoms with Gasteiger partial charge in [-0.3, -0.25) is 24.2 Å². The van der Waals surface area contributed by atoms with Crippen LogP contribution in [0.2, 0.25) is 0 Å². The molecule has 3 aliphatic carbocycles. The number of pyridine rings is 1. The maximum Gasteiger partial charge on any atom is 0.410 e. The summed E-state index contributed by atoms with van der Waals surface area (Å²) >= 11 is 0. The molecule has 23 nitrogen and oxygen atoms in total. The summed E-state index contributed by atoms with van der Waals surface area (Å²) in [6.45, 7) is 7.26. The second-order valence-corrected chi connectivity index (χ2v) is 24.4. The number of ether oxygens (including phenoxy) is 8. The van der Waals surface area contributed by atoms with Gasteiger partial charge in [-0.2, -0.15) is 0 Å². The van der Waals surface area contributed by atoms with Crippen molar-refractivity contribution in [3.8, 4) is 11.5 Å². The lowest BCUT2D eigenvalue weighted by Crippen LogP contribution is -2.82. The number of amides is 3. The first kappa shape index (κ1) is 65.2. The molecule has 5 N–H and O–H groups in total. The average molecular weight is 1260 g/mol. The minimum absolute atomic E-state index is 0.0176. The van der Waals surface area contributed by atoms with Crippen molar-refractivity contribution in [1.29, 1.82) is 0 Å². The summed E-state index contributed by atoms with van der Waals surface area (Å²) in [6, 6.07) is 36.4. The highest BCUT2D eigenvalue weighted by Gasteiger charge is 2.78. The van der Waals surface area contributed by atoms with Gasteiger partial charge in [0.25, 0.3) is 5.91 Å². The molecule has 2 saturated carbocycles. The zero-order valence-corrected chi connectivity index (χ0v) is 52.1. The lowest BCUT2D eigenvalue weighted by molar-refractivity contribution is -0.346. The van der Waals surface area contributed by atoms with Crippen LogP contribution in [0.15, 0.2) is 157 Å². The Balaban J connectivity index is 0.967. The van der Waals surface area contributed by atoms with E-state index in [2.05, 4.69) is 10.3 Å². The van der Waals surface area contributed by atoms with E-state index in [1.165, 1.54) is 71.0 Å². The van der Waals surface area contributed by atoms with Crippen LogP contribution in [0.1, 0.15) is 92.3 Å². The summed E-state index contributed by atoms with van der Waals surface area (Å²) < 4.78 is 49.1. The van der Waals surface area contributed by atoms with Gasteiger partial charge in [-0.15, -0.1) is 0 Å². The number of Topliss-reactive ketones (excluding diaryl/α,β-unsaturated/α-hetero) is 1. The number of carbonyl (C=O) groups excluding carboxylic acids is 8. The zero-order valence-electron chi connectivity index (χ0n) is 52.1. The smallest absolute Gasteiger partial charge is 0.410 e.